The van der Waals surface area contributed by atoms with Gasteiger partial charge in [0.25, 0.3) is 5.91 Å². The molecule has 33 heavy (non-hydrogen) atoms. The summed E-state index contributed by atoms with van der Waals surface area (Å²) in [5, 5.41) is 6.18. The third-order valence-corrected chi connectivity index (χ3v) is 6.29. The lowest BCUT2D eigenvalue weighted by atomic mass is 10.1. The van der Waals surface area contributed by atoms with Crippen LogP contribution in [-0.2, 0) is 11.0 Å². The van der Waals surface area contributed by atoms with Crippen LogP contribution >= 0.6 is 11.8 Å². The van der Waals surface area contributed by atoms with Crippen molar-refractivity contribution < 1.29 is 22.8 Å². The molecule has 2 aromatic carbocycles. The van der Waals surface area contributed by atoms with E-state index in [0.29, 0.717) is 16.6 Å². The highest BCUT2D eigenvalue weighted by atomic mass is 32.2. The third-order valence-electron chi connectivity index (χ3n) is 5.30. The number of benzene rings is 2. The largest absolute Gasteiger partial charge is 0.451 e. The number of amides is 2. The van der Waals surface area contributed by atoms with Crippen molar-refractivity contribution in [1.29, 1.82) is 0 Å². The number of fused-ring (bicyclic) bond motifs is 1. The monoisotopic (exact) mass is 474 g/mol. The van der Waals surface area contributed by atoms with Gasteiger partial charge in [0.2, 0.25) is 11.7 Å². The van der Waals surface area contributed by atoms with E-state index in [1.165, 1.54) is 6.07 Å². The Bertz CT molecular complexity index is 1180. The number of thioether (sulfide) groups is 1. The summed E-state index contributed by atoms with van der Waals surface area (Å²) in [5.41, 5.74) is 0.841. The number of aromatic nitrogens is 2. The Labute approximate surface area is 192 Å². The van der Waals surface area contributed by atoms with E-state index in [0.717, 1.165) is 37.4 Å². The molecule has 172 valence electrons. The van der Waals surface area contributed by atoms with Crippen LogP contribution in [0.2, 0.25) is 0 Å². The minimum absolute atomic E-state index is 0.0651. The maximum Gasteiger partial charge on any atom is 0.451 e. The lowest BCUT2D eigenvalue weighted by Gasteiger charge is -2.15. The number of para-hydroxylation sites is 2. The SMILES string of the molecule is O=C(CSc1nc(C(F)(F)F)nc2ccccc12)Nc1ccccc1C(=O)NC1CCCC1. The Morgan fingerprint density at radius 2 is 1.70 bits per heavy atom. The Morgan fingerprint density at radius 3 is 2.45 bits per heavy atom. The molecule has 0 saturated heterocycles. The van der Waals surface area contributed by atoms with E-state index in [9.17, 15) is 22.8 Å². The molecule has 10 heteroatoms. The molecule has 1 fully saturated rings. The molecule has 0 unspecified atom stereocenters. The van der Waals surface area contributed by atoms with Gasteiger partial charge >= 0.3 is 6.18 Å². The maximum absolute atomic E-state index is 13.2. The molecule has 2 N–H and O–H groups in total. The number of alkyl halides is 3. The minimum atomic E-state index is -4.70. The van der Waals surface area contributed by atoms with Crippen molar-refractivity contribution in [2.45, 2.75) is 42.9 Å². The minimum Gasteiger partial charge on any atom is -0.349 e. The normalized spacial score (nSPS) is 14.4. The summed E-state index contributed by atoms with van der Waals surface area (Å²) < 4.78 is 39.6. The van der Waals surface area contributed by atoms with Crippen molar-refractivity contribution in [2.75, 3.05) is 11.1 Å². The topological polar surface area (TPSA) is 84.0 Å². The van der Waals surface area contributed by atoms with Gasteiger partial charge in [-0.3, -0.25) is 9.59 Å². The van der Waals surface area contributed by atoms with Crippen LogP contribution in [0, 0.1) is 0 Å². The fourth-order valence-corrected chi connectivity index (χ4v) is 4.55. The fourth-order valence-electron chi connectivity index (χ4n) is 3.73. The van der Waals surface area contributed by atoms with Gasteiger partial charge in [0.05, 0.1) is 22.5 Å². The van der Waals surface area contributed by atoms with Gasteiger partial charge in [-0.05, 0) is 31.0 Å². The van der Waals surface area contributed by atoms with Crippen LogP contribution in [-0.4, -0.2) is 33.6 Å². The number of rotatable bonds is 6. The van der Waals surface area contributed by atoms with Gasteiger partial charge in [0.1, 0.15) is 5.03 Å². The summed E-state index contributed by atoms with van der Waals surface area (Å²) >= 11 is 0.884. The summed E-state index contributed by atoms with van der Waals surface area (Å²) in [6, 6.07) is 13.1. The zero-order valence-electron chi connectivity index (χ0n) is 17.5. The number of hydrogen-bond donors (Lipinski definition) is 2. The van der Waals surface area contributed by atoms with Gasteiger partial charge in [0, 0.05) is 11.4 Å². The number of carbonyl (C=O) groups excluding carboxylic acids is 2. The molecule has 3 aromatic rings. The average Bonchev–Trinajstić information content (AvgIpc) is 3.30. The van der Waals surface area contributed by atoms with E-state index >= 15 is 0 Å². The van der Waals surface area contributed by atoms with Gasteiger partial charge in [-0.1, -0.05) is 54.9 Å². The Balaban J connectivity index is 1.47. The summed E-state index contributed by atoms with van der Waals surface area (Å²) in [7, 11) is 0. The highest BCUT2D eigenvalue weighted by Crippen LogP contribution is 2.32. The smallest absolute Gasteiger partial charge is 0.349 e. The van der Waals surface area contributed by atoms with Gasteiger partial charge in [-0.2, -0.15) is 13.2 Å². The lowest BCUT2D eigenvalue weighted by molar-refractivity contribution is -0.145. The Kier molecular flexibility index (Phi) is 6.83. The van der Waals surface area contributed by atoms with Crippen LogP contribution in [0.25, 0.3) is 10.9 Å². The number of hydrogen-bond acceptors (Lipinski definition) is 5. The second-order valence-electron chi connectivity index (χ2n) is 7.70. The molecule has 1 aliphatic carbocycles. The first-order chi connectivity index (χ1) is 15.8. The first-order valence-electron chi connectivity index (χ1n) is 10.5. The maximum atomic E-state index is 13.2. The molecular weight excluding hydrogens is 453 g/mol. The summed E-state index contributed by atoms with van der Waals surface area (Å²) in [6.07, 6.45) is -0.677. The second-order valence-corrected chi connectivity index (χ2v) is 8.67. The number of nitrogens with zero attached hydrogens (tertiary/aromatic N) is 2. The van der Waals surface area contributed by atoms with Gasteiger partial charge in [0.15, 0.2) is 0 Å². The van der Waals surface area contributed by atoms with E-state index in [-0.39, 0.29) is 28.2 Å². The molecule has 0 atom stereocenters. The summed E-state index contributed by atoms with van der Waals surface area (Å²) in [4.78, 5) is 32.5. The second kappa shape index (κ2) is 9.78. The molecule has 0 bridgehead atoms. The highest BCUT2D eigenvalue weighted by Gasteiger charge is 2.35. The quantitative estimate of drug-likeness (QED) is 0.386. The highest BCUT2D eigenvalue weighted by molar-refractivity contribution is 8.00. The van der Waals surface area contributed by atoms with Crippen LogP contribution in [0.15, 0.2) is 53.6 Å². The van der Waals surface area contributed by atoms with E-state index in [4.69, 9.17) is 0 Å². The Hall–Kier alpha value is -3.14. The van der Waals surface area contributed by atoms with Crippen molar-refractivity contribution in [3.8, 4) is 0 Å². The average molecular weight is 475 g/mol. The molecule has 1 heterocycles. The molecular formula is C23H21F3N4O2S. The van der Waals surface area contributed by atoms with Crippen molar-refractivity contribution in [1.82, 2.24) is 15.3 Å². The lowest BCUT2D eigenvalue weighted by Crippen LogP contribution is -2.33. The first-order valence-corrected chi connectivity index (χ1v) is 11.5. The number of carbonyl (C=O) groups is 2. The summed E-state index contributed by atoms with van der Waals surface area (Å²) in [5.74, 6) is -2.16. The predicted molar refractivity (Wildman–Crippen MR) is 120 cm³/mol. The van der Waals surface area contributed by atoms with E-state index < -0.39 is 17.9 Å². The van der Waals surface area contributed by atoms with Crippen LogP contribution in [0.4, 0.5) is 18.9 Å². The van der Waals surface area contributed by atoms with Crippen molar-refractivity contribution in [3.63, 3.8) is 0 Å². The number of nitrogens with one attached hydrogen (secondary N) is 2. The van der Waals surface area contributed by atoms with Crippen LogP contribution in [0.1, 0.15) is 41.9 Å². The van der Waals surface area contributed by atoms with Crippen LogP contribution in [0.3, 0.4) is 0 Å². The molecule has 0 radical (unpaired) electrons. The van der Waals surface area contributed by atoms with E-state index in [1.54, 1.807) is 42.5 Å². The molecule has 2 amide bonds. The molecule has 0 spiro atoms. The Morgan fingerprint density at radius 1 is 1.00 bits per heavy atom. The molecule has 4 rings (SSSR count). The zero-order chi connectivity index (χ0) is 23.4. The van der Waals surface area contributed by atoms with Crippen LogP contribution < -0.4 is 10.6 Å². The standard InChI is InChI=1S/C23H21F3N4O2S/c24-23(25,26)22-29-18-12-6-4-10-16(18)21(30-22)33-13-19(31)28-17-11-5-3-9-15(17)20(32)27-14-7-1-2-8-14/h3-6,9-12,14H,1-2,7-8,13H2,(H,27,32)(H,28,31). The number of anilines is 1. The molecule has 6 nitrogen and oxygen atoms in total. The van der Waals surface area contributed by atoms with Gasteiger partial charge in [-0.15, -0.1) is 0 Å². The zero-order valence-corrected chi connectivity index (χ0v) is 18.3. The first kappa shape index (κ1) is 23.0. The van der Waals surface area contributed by atoms with E-state index in [1.807, 2.05) is 0 Å². The van der Waals surface area contributed by atoms with Crippen molar-refractivity contribution in [3.05, 3.63) is 59.9 Å². The van der Waals surface area contributed by atoms with Crippen LogP contribution in [0.5, 0.6) is 0 Å². The van der Waals surface area contributed by atoms with Gasteiger partial charge in [-0.25, -0.2) is 9.97 Å². The molecule has 1 saturated carbocycles. The fraction of sp³-hybridized carbons (Fsp3) is 0.304. The van der Waals surface area contributed by atoms with Crippen molar-refractivity contribution in [2.24, 2.45) is 0 Å². The number of halogens is 3. The van der Waals surface area contributed by atoms with Gasteiger partial charge < -0.3 is 10.6 Å². The third kappa shape index (κ3) is 5.62. The summed E-state index contributed by atoms with van der Waals surface area (Å²) in [6.45, 7) is 0. The molecule has 1 aromatic heterocycles. The molecule has 0 aliphatic heterocycles. The molecule has 1 aliphatic rings. The predicted octanol–water partition coefficient (Wildman–Crippen LogP) is 5.05. The van der Waals surface area contributed by atoms with E-state index in [2.05, 4.69) is 20.6 Å². The van der Waals surface area contributed by atoms with Crippen molar-refractivity contribution >= 4 is 40.2 Å².